The maximum atomic E-state index is 9.28. The van der Waals surface area contributed by atoms with E-state index in [4.69, 9.17) is 0 Å². The predicted octanol–water partition coefficient (Wildman–Crippen LogP) is 1.78. The fourth-order valence-electron chi connectivity index (χ4n) is 1.96. The highest BCUT2D eigenvalue weighted by Crippen LogP contribution is 2.24. The van der Waals surface area contributed by atoms with Crippen LogP contribution in [0.2, 0.25) is 0 Å². The molecule has 0 atom stereocenters. The number of hydrogen-bond acceptors (Lipinski definition) is 3. The lowest BCUT2D eigenvalue weighted by molar-refractivity contribution is 0.426. The monoisotopic (exact) mass is 234 g/mol. The summed E-state index contributed by atoms with van der Waals surface area (Å²) in [6.45, 7) is 4.38. The van der Waals surface area contributed by atoms with Crippen LogP contribution in [0.4, 0.5) is 0 Å². The van der Waals surface area contributed by atoms with E-state index in [0.717, 1.165) is 16.5 Å². The van der Waals surface area contributed by atoms with Crippen LogP contribution < -0.4 is 5.46 Å². The topological polar surface area (TPSA) is 40.5 Å². The third kappa shape index (κ3) is 2.14. The molecule has 0 radical (unpaired) electrons. The fourth-order valence-corrected chi connectivity index (χ4v) is 2.94. The molecule has 0 aliphatic carbocycles. The van der Waals surface area contributed by atoms with E-state index >= 15 is 0 Å². The van der Waals surface area contributed by atoms with Gasteiger partial charge in [-0.3, -0.25) is 0 Å². The van der Waals surface area contributed by atoms with Gasteiger partial charge in [-0.2, -0.15) is 0 Å². The van der Waals surface area contributed by atoms with Gasteiger partial charge < -0.3 is 10.0 Å². The smallest absolute Gasteiger partial charge is 0.423 e. The van der Waals surface area contributed by atoms with Gasteiger partial charge in [-0.1, -0.05) is 26.0 Å². The molecule has 1 aromatic carbocycles. The minimum Gasteiger partial charge on any atom is -0.423 e. The van der Waals surface area contributed by atoms with Crippen LogP contribution in [0.25, 0.3) is 10.1 Å². The summed E-state index contributed by atoms with van der Waals surface area (Å²) in [6.07, 6.45) is 1.02. The van der Waals surface area contributed by atoms with Crippen molar-refractivity contribution in [2.45, 2.75) is 20.3 Å². The van der Waals surface area contributed by atoms with E-state index in [1.54, 1.807) is 11.3 Å². The summed E-state index contributed by atoms with van der Waals surface area (Å²) in [5, 5.41) is 21.7. The molecule has 0 amide bonds. The van der Waals surface area contributed by atoms with Crippen molar-refractivity contribution in [3.63, 3.8) is 0 Å². The summed E-state index contributed by atoms with van der Waals surface area (Å²) in [5.41, 5.74) is 1.90. The minimum atomic E-state index is -1.38. The highest BCUT2D eigenvalue weighted by Gasteiger charge is 2.17. The normalized spacial score (nSPS) is 11.3. The number of hydrogen-bond donors (Lipinski definition) is 2. The lowest BCUT2D eigenvalue weighted by Gasteiger charge is -2.09. The summed E-state index contributed by atoms with van der Waals surface area (Å²) < 4.78 is 0.994. The van der Waals surface area contributed by atoms with Crippen LogP contribution in [0.5, 0.6) is 0 Å². The van der Waals surface area contributed by atoms with Gasteiger partial charge in [-0.05, 0) is 40.2 Å². The van der Waals surface area contributed by atoms with Gasteiger partial charge in [0.15, 0.2) is 0 Å². The molecule has 2 rings (SSSR count). The lowest BCUT2D eigenvalue weighted by atomic mass is 9.79. The quantitative estimate of drug-likeness (QED) is 0.794. The van der Waals surface area contributed by atoms with Gasteiger partial charge in [-0.25, -0.2) is 0 Å². The Bertz CT molecular complexity index is 491. The van der Waals surface area contributed by atoms with Gasteiger partial charge in [0.1, 0.15) is 0 Å². The molecule has 0 saturated heterocycles. The molecule has 84 valence electrons. The molecule has 1 aromatic heterocycles. The third-order valence-corrected chi connectivity index (χ3v) is 3.61. The molecular formula is C12H15BO2S. The van der Waals surface area contributed by atoms with Crippen molar-refractivity contribution < 1.29 is 10.0 Å². The third-order valence-electron chi connectivity index (χ3n) is 2.64. The fraction of sp³-hybridized carbons (Fsp3) is 0.333. The second-order valence-corrected chi connectivity index (χ2v) is 5.37. The SMILES string of the molecule is CC(C)Cc1ccc(B(O)O)c2sccc12. The highest BCUT2D eigenvalue weighted by atomic mass is 32.1. The van der Waals surface area contributed by atoms with E-state index in [1.807, 2.05) is 17.5 Å². The summed E-state index contributed by atoms with van der Waals surface area (Å²) in [5.74, 6) is 0.605. The van der Waals surface area contributed by atoms with Crippen LogP contribution in [0.1, 0.15) is 19.4 Å². The Balaban J connectivity index is 2.55. The zero-order valence-electron chi connectivity index (χ0n) is 9.47. The molecule has 0 spiro atoms. The predicted molar refractivity (Wildman–Crippen MR) is 70.2 cm³/mol. The summed E-state index contributed by atoms with van der Waals surface area (Å²) >= 11 is 1.56. The molecule has 2 aromatic rings. The van der Waals surface area contributed by atoms with Crippen LogP contribution >= 0.6 is 11.3 Å². The molecule has 0 aliphatic heterocycles. The van der Waals surface area contributed by atoms with E-state index in [-0.39, 0.29) is 0 Å². The van der Waals surface area contributed by atoms with Crippen molar-refractivity contribution in [1.29, 1.82) is 0 Å². The summed E-state index contributed by atoms with van der Waals surface area (Å²) in [4.78, 5) is 0. The Morgan fingerprint density at radius 1 is 1.25 bits per heavy atom. The first kappa shape index (κ1) is 11.6. The Morgan fingerprint density at radius 3 is 2.62 bits per heavy atom. The van der Waals surface area contributed by atoms with E-state index in [2.05, 4.69) is 19.9 Å². The largest absolute Gasteiger partial charge is 0.489 e. The summed E-state index contributed by atoms with van der Waals surface area (Å²) in [6, 6.07) is 5.88. The molecule has 0 saturated carbocycles. The zero-order valence-corrected chi connectivity index (χ0v) is 10.3. The van der Waals surface area contributed by atoms with Crippen LogP contribution in [-0.2, 0) is 6.42 Å². The maximum Gasteiger partial charge on any atom is 0.489 e. The second-order valence-electron chi connectivity index (χ2n) is 4.45. The molecule has 0 unspecified atom stereocenters. The van der Waals surface area contributed by atoms with Gasteiger partial charge in [0.2, 0.25) is 0 Å². The van der Waals surface area contributed by atoms with E-state index < -0.39 is 7.12 Å². The molecular weight excluding hydrogens is 219 g/mol. The first-order valence-electron chi connectivity index (χ1n) is 5.44. The maximum absolute atomic E-state index is 9.28. The minimum absolute atomic E-state index is 0.605. The van der Waals surface area contributed by atoms with Gasteiger partial charge in [0, 0.05) is 4.70 Å². The molecule has 0 aliphatic rings. The van der Waals surface area contributed by atoms with Crippen LogP contribution in [-0.4, -0.2) is 17.2 Å². The molecule has 16 heavy (non-hydrogen) atoms. The van der Waals surface area contributed by atoms with Crippen LogP contribution in [0.15, 0.2) is 23.6 Å². The van der Waals surface area contributed by atoms with Crippen molar-refractivity contribution >= 4 is 34.0 Å². The van der Waals surface area contributed by atoms with E-state index in [0.29, 0.717) is 11.4 Å². The van der Waals surface area contributed by atoms with Gasteiger partial charge in [0.25, 0.3) is 0 Å². The molecule has 2 nitrogen and oxygen atoms in total. The van der Waals surface area contributed by atoms with Crippen molar-refractivity contribution in [3.05, 3.63) is 29.1 Å². The molecule has 2 N–H and O–H groups in total. The first-order valence-corrected chi connectivity index (χ1v) is 6.32. The zero-order chi connectivity index (χ0) is 11.7. The van der Waals surface area contributed by atoms with Crippen molar-refractivity contribution in [2.24, 2.45) is 5.92 Å². The molecule has 0 bridgehead atoms. The lowest BCUT2D eigenvalue weighted by Crippen LogP contribution is -2.30. The Labute approximate surface area is 99.7 Å². The average Bonchev–Trinajstić information content (AvgIpc) is 2.65. The summed E-state index contributed by atoms with van der Waals surface area (Å²) in [7, 11) is -1.38. The van der Waals surface area contributed by atoms with Crippen molar-refractivity contribution in [1.82, 2.24) is 0 Å². The van der Waals surface area contributed by atoms with Gasteiger partial charge >= 0.3 is 7.12 Å². The van der Waals surface area contributed by atoms with E-state index in [9.17, 15) is 10.0 Å². The number of benzene rings is 1. The average molecular weight is 234 g/mol. The number of rotatable bonds is 3. The van der Waals surface area contributed by atoms with Gasteiger partial charge in [-0.15, -0.1) is 11.3 Å². The van der Waals surface area contributed by atoms with Crippen molar-refractivity contribution in [3.8, 4) is 0 Å². The second kappa shape index (κ2) is 4.57. The number of thiophene rings is 1. The molecule has 4 heteroatoms. The Morgan fingerprint density at radius 2 is 2.00 bits per heavy atom. The Hall–Kier alpha value is -0.835. The number of fused-ring (bicyclic) bond motifs is 1. The molecule has 1 heterocycles. The van der Waals surface area contributed by atoms with Crippen LogP contribution in [0, 0.1) is 5.92 Å². The first-order chi connectivity index (χ1) is 7.59. The van der Waals surface area contributed by atoms with E-state index in [1.165, 1.54) is 5.56 Å². The molecule has 0 fully saturated rings. The Kier molecular flexibility index (Phi) is 3.33. The standard InChI is InChI=1S/C12H15BO2S/c1-8(2)7-9-3-4-11(13(14)15)12-10(9)5-6-16-12/h3-6,8,14-15H,7H2,1-2H3. The highest BCUT2D eigenvalue weighted by molar-refractivity contribution is 7.18. The van der Waals surface area contributed by atoms with Gasteiger partial charge in [0.05, 0.1) is 0 Å². The van der Waals surface area contributed by atoms with Crippen LogP contribution in [0.3, 0.4) is 0 Å². The van der Waals surface area contributed by atoms with Crippen molar-refractivity contribution in [2.75, 3.05) is 0 Å².